The molecule has 2 heterocycles. The molecular weight excluding hydrogens is 386 g/mol. The van der Waals surface area contributed by atoms with Crippen LogP contribution >= 0.6 is 11.3 Å². The number of carbonyl (C=O) groups is 2. The van der Waals surface area contributed by atoms with E-state index in [1.54, 1.807) is 11.6 Å². The number of nitrogens with zero attached hydrogens (tertiary/aromatic N) is 1. The summed E-state index contributed by atoms with van der Waals surface area (Å²) in [6, 6.07) is 15.2. The molecule has 0 spiro atoms. The Hall–Kier alpha value is -3.45. The zero-order valence-corrected chi connectivity index (χ0v) is 16.6. The third kappa shape index (κ3) is 4.52. The van der Waals surface area contributed by atoms with Gasteiger partial charge < -0.3 is 15.0 Å². The van der Waals surface area contributed by atoms with E-state index in [9.17, 15) is 9.59 Å². The zero-order valence-electron chi connectivity index (χ0n) is 15.8. The van der Waals surface area contributed by atoms with Crippen LogP contribution in [0, 0.1) is 6.92 Å². The van der Waals surface area contributed by atoms with Crippen LogP contribution in [0.15, 0.2) is 60.1 Å². The van der Waals surface area contributed by atoms with E-state index in [4.69, 9.17) is 4.74 Å². The van der Waals surface area contributed by atoms with Gasteiger partial charge in [0.15, 0.2) is 0 Å². The summed E-state index contributed by atoms with van der Waals surface area (Å²) >= 11 is 1.37. The van der Waals surface area contributed by atoms with Crippen molar-refractivity contribution in [2.75, 3.05) is 5.32 Å². The predicted molar refractivity (Wildman–Crippen MR) is 113 cm³/mol. The van der Waals surface area contributed by atoms with Crippen molar-refractivity contribution in [2.45, 2.75) is 20.0 Å². The van der Waals surface area contributed by atoms with Gasteiger partial charge in [-0.3, -0.25) is 4.79 Å². The number of thiazole rings is 1. The quantitative estimate of drug-likeness (QED) is 0.464. The third-order valence-electron chi connectivity index (χ3n) is 4.41. The lowest BCUT2D eigenvalue weighted by Crippen LogP contribution is -2.14. The van der Waals surface area contributed by atoms with Crippen LogP contribution in [0.4, 0.5) is 5.69 Å². The normalized spacial score (nSPS) is 10.8. The number of ether oxygens (including phenoxy) is 1. The highest BCUT2D eigenvalue weighted by Gasteiger charge is 2.14. The monoisotopic (exact) mass is 405 g/mol. The summed E-state index contributed by atoms with van der Waals surface area (Å²) in [6.45, 7) is 2.06. The SMILES string of the molecule is Cc1ccc(NC(=O)Cc2nc(COC(=O)c3c[nH]c4ccccc34)cs2)cc1. The predicted octanol–water partition coefficient (Wildman–Crippen LogP) is 4.47. The van der Waals surface area contributed by atoms with Gasteiger partial charge in [0.05, 0.1) is 17.7 Å². The number of nitrogens with one attached hydrogen (secondary N) is 2. The van der Waals surface area contributed by atoms with Crippen molar-refractivity contribution < 1.29 is 14.3 Å². The third-order valence-corrected chi connectivity index (χ3v) is 5.30. The van der Waals surface area contributed by atoms with Crippen LogP contribution in [0.1, 0.15) is 26.6 Å². The molecule has 29 heavy (non-hydrogen) atoms. The molecule has 4 aromatic rings. The molecule has 146 valence electrons. The minimum atomic E-state index is -0.408. The van der Waals surface area contributed by atoms with Gasteiger partial charge in [0.25, 0.3) is 0 Å². The topological polar surface area (TPSA) is 84.1 Å². The fraction of sp³-hybridized carbons (Fsp3) is 0.136. The highest BCUT2D eigenvalue weighted by Crippen LogP contribution is 2.19. The van der Waals surface area contributed by atoms with Crippen LogP contribution in [0.2, 0.25) is 0 Å². The molecule has 0 aliphatic rings. The van der Waals surface area contributed by atoms with Gasteiger partial charge in [-0.15, -0.1) is 11.3 Å². The fourth-order valence-corrected chi connectivity index (χ4v) is 3.71. The van der Waals surface area contributed by atoms with Crippen LogP contribution in [0.25, 0.3) is 10.9 Å². The maximum absolute atomic E-state index is 12.4. The van der Waals surface area contributed by atoms with Crippen molar-refractivity contribution in [3.8, 4) is 0 Å². The molecule has 0 atom stereocenters. The molecule has 2 aromatic carbocycles. The Labute approximate surface area is 171 Å². The van der Waals surface area contributed by atoms with E-state index in [0.29, 0.717) is 16.3 Å². The number of anilines is 1. The maximum Gasteiger partial charge on any atom is 0.340 e. The van der Waals surface area contributed by atoms with Gasteiger partial charge in [-0.05, 0) is 25.1 Å². The van der Waals surface area contributed by atoms with Crippen LogP contribution in [-0.4, -0.2) is 21.8 Å². The first-order valence-electron chi connectivity index (χ1n) is 9.11. The number of rotatable bonds is 6. The smallest absolute Gasteiger partial charge is 0.340 e. The first kappa shape index (κ1) is 18.9. The molecule has 0 aliphatic heterocycles. The lowest BCUT2D eigenvalue weighted by molar-refractivity contribution is -0.115. The molecule has 2 N–H and O–H groups in total. The van der Waals surface area contributed by atoms with E-state index in [2.05, 4.69) is 15.3 Å². The molecule has 0 saturated carbocycles. The van der Waals surface area contributed by atoms with E-state index >= 15 is 0 Å². The van der Waals surface area contributed by atoms with E-state index in [-0.39, 0.29) is 18.9 Å². The summed E-state index contributed by atoms with van der Waals surface area (Å²) in [4.78, 5) is 32.0. The van der Waals surface area contributed by atoms with Gasteiger partial charge >= 0.3 is 5.97 Å². The molecular formula is C22H19N3O3S. The Morgan fingerprint density at radius 2 is 1.93 bits per heavy atom. The molecule has 7 heteroatoms. The van der Waals surface area contributed by atoms with Crippen molar-refractivity contribution in [1.29, 1.82) is 0 Å². The van der Waals surface area contributed by atoms with Crippen molar-refractivity contribution >= 4 is 39.8 Å². The van der Waals surface area contributed by atoms with Gasteiger partial charge in [-0.2, -0.15) is 0 Å². The average molecular weight is 405 g/mol. The average Bonchev–Trinajstić information content (AvgIpc) is 3.35. The molecule has 0 saturated heterocycles. The molecule has 2 aromatic heterocycles. The number of hydrogen-bond donors (Lipinski definition) is 2. The van der Waals surface area contributed by atoms with Gasteiger partial charge in [-0.1, -0.05) is 35.9 Å². The largest absolute Gasteiger partial charge is 0.455 e. The highest BCUT2D eigenvalue weighted by molar-refractivity contribution is 7.09. The Bertz CT molecular complexity index is 1160. The summed E-state index contributed by atoms with van der Waals surface area (Å²) in [5, 5.41) is 6.15. The van der Waals surface area contributed by atoms with E-state index < -0.39 is 5.97 Å². The molecule has 0 unspecified atom stereocenters. The summed E-state index contributed by atoms with van der Waals surface area (Å²) in [5.41, 5.74) is 3.89. The number of hydrogen-bond acceptors (Lipinski definition) is 5. The van der Waals surface area contributed by atoms with Crippen molar-refractivity contribution in [2.24, 2.45) is 0 Å². The number of H-pyrrole nitrogens is 1. The van der Waals surface area contributed by atoms with E-state index in [1.165, 1.54) is 11.3 Å². The highest BCUT2D eigenvalue weighted by atomic mass is 32.1. The van der Waals surface area contributed by atoms with Crippen LogP contribution in [0.3, 0.4) is 0 Å². The van der Waals surface area contributed by atoms with E-state index in [1.807, 2.05) is 55.5 Å². The second-order valence-corrected chi connectivity index (χ2v) is 7.59. The van der Waals surface area contributed by atoms with Gasteiger partial charge in [0.1, 0.15) is 11.6 Å². The Morgan fingerprint density at radius 3 is 2.76 bits per heavy atom. The second-order valence-electron chi connectivity index (χ2n) is 6.65. The molecule has 1 amide bonds. The number of fused-ring (bicyclic) bond motifs is 1. The lowest BCUT2D eigenvalue weighted by Gasteiger charge is -2.04. The molecule has 0 aliphatic carbocycles. The minimum Gasteiger partial charge on any atom is -0.455 e. The number of benzene rings is 2. The number of amides is 1. The number of aryl methyl sites for hydroxylation is 1. The molecule has 6 nitrogen and oxygen atoms in total. The van der Waals surface area contributed by atoms with Crippen LogP contribution in [0.5, 0.6) is 0 Å². The Balaban J connectivity index is 1.32. The number of aromatic amines is 1. The molecule has 0 bridgehead atoms. The Morgan fingerprint density at radius 1 is 1.14 bits per heavy atom. The zero-order chi connectivity index (χ0) is 20.2. The number of aromatic nitrogens is 2. The summed E-state index contributed by atoms with van der Waals surface area (Å²) in [6.07, 6.45) is 1.82. The first-order valence-corrected chi connectivity index (χ1v) is 9.99. The molecule has 0 radical (unpaired) electrons. The number of para-hydroxylation sites is 1. The van der Waals surface area contributed by atoms with Crippen molar-refractivity contribution in [3.05, 3.63) is 81.9 Å². The number of esters is 1. The molecule has 0 fully saturated rings. The maximum atomic E-state index is 12.4. The first-order chi connectivity index (χ1) is 14.1. The number of carbonyl (C=O) groups excluding carboxylic acids is 2. The summed E-state index contributed by atoms with van der Waals surface area (Å²) in [7, 11) is 0. The van der Waals surface area contributed by atoms with Gasteiger partial charge in [0.2, 0.25) is 5.91 Å². The summed E-state index contributed by atoms with van der Waals surface area (Å²) < 4.78 is 5.39. The summed E-state index contributed by atoms with van der Waals surface area (Å²) in [5.74, 6) is -0.542. The van der Waals surface area contributed by atoms with Crippen LogP contribution < -0.4 is 5.32 Å². The standard InChI is InChI=1S/C22H19N3O3S/c1-14-6-8-15(9-7-14)24-20(26)10-21-25-16(13-29-21)12-28-22(27)18-11-23-19-5-3-2-4-17(18)19/h2-9,11,13,23H,10,12H2,1H3,(H,24,26). The second kappa shape index (κ2) is 8.28. The van der Waals surface area contributed by atoms with Gasteiger partial charge in [-0.25, -0.2) is 9.78 Å². The van der Waals surface area contributed by atoms with E-state index in [0.717, 1.165) is 22.2 Å². The van der Waals surface area contributed by atoms with Crippen molar-refractivity contribution in [1.82, 2.24) is 9.97 Å². The lowest BCUT2D eigenvalue weighted by atomic mass is 10.2. The molecule has 4 rings (SSSR count). The fourth-order valence-electron chi connectivity index (χ4n) is 2.93. The Kier molecular flexibility index (Phi) is 5.39. The van der Waals surface area contributed by atoms with Gasteiger partial charge in [0, 0.05) is 28.2 Å². The van der Waals surface area contributed by atoms with Crippen molar-refractivity contribution in [3.63, 3.8) is 0 Å². The minimum absolute atomic E-state index is 0.0639. The van der Waals surface area contributed by atoms with Crippen LogP contribution in [-0.2, 0) is 22.6 Å².